The van der Waals surface area contributed by atoms with E-state index in [2.05, 4.69) is 20.3 Å². The first kappa shape index (κ1) is 17.4. The van der Waals surface area contributed by atoms with Gasteiger partial charge in [-0.15, -0.1) is 0 Å². The van der Waals surface area contributed by atoms with Crippen molar-refractivity contribution in [3.05, 3.63) is 66.5 Å². The van der Waals surface area contributed by atoms with Crippen LogP contribution in [0.2, 0.25) is 0 Å². The fraction of sp³-hybridized carbons (Fsp3) is 0.111. The summed E-state index contributed by atoms with van der Waals surface area (Å²) in [6.45, 7) is 0. The molecule has 0 aliphatic rings. The van der Waals surface area contributed by atoms with Gasteiger partial charge in [-0.05, 0) is 29.8 Å². The summed E-state index contributed by atoms with van der Waals surface area (Å²) in [6.07, 6.45) is 4.38. The highest BCUT2D eigenvalue weighted by atomic mass is 19.1. The number of hydrogen-bond donors (Lipinski definition) is 2. The first-order valence-electron chi connectivity index (χ1n) is 7.71. The van der Waals surface area contributed by atoms with E-state index in [1.54, 1.807) is 18.3 Å². The number of nitrogens with two attached hydrogens (primary N) is 1. The monoisotopic (exact) mass is 353 g/mol. The first-order chi connectivity index (χ1) is 12.6. The molecule has 0 fully saturated rings. The second-order valence-electron chi connectivity index (χ2n) is 5.39. The van der Waals surface area contributed by atoms with E-state index in [4.69, 9.17) is 10.5 Å². The second kappa shape index (κ2) is 7.66. The van der Waals surface area contributed by atoms with E-state index in [1.165, 1.54) is 43.9 Å². The number of carbonyl (C=O) groups is 1. The molecule has 0 radical (unpaired) electrons. The summed E-state index contributed by atoms with van der Waals surface area (Å²) in [5.74, 6) is -0.183. The van der Waals surface area contributed by atoms with Crippen LogP contribution in [0.25, 0.3) is 11.3 Å². The standard InChI is InChI=1S/C18H16FN5O2/c1-26-15-5-4-12(19)7-13(15)14-8-16(23-10-22-14)24-18(25)17(20)11-3-2-6-21-9-11/h2-10,17H,20H2,1H3,(H,22,23,24,25). The molecule has 0 aliphatic heterocycles. The largest absolute Gasteiger partial charge is 0.496 e. The van der Waals surface area contributed by atoms with E-state index in [0.717, 1.165) is 0 Å². The molecular formula is C18H16FN5O2. The maximum Gasteiger partial charge on any atom is 0.247 e. The number of carbonyl (C=O) groups excluding carboxylic acids is 1. The fourth-order valence-corrected chi connectivity index (χ4v) is 2.37. The predicted molar refractivity (Wildman–Crippen MR) is 93.8 cm³/mol. The van der Waals surface area contributed by atoms with Gasteiger partial charge in [-0.2, -0.15) is 0 Å². The lowest BCUT2D eigenvalue weighted by atomic mass is 10.1. The SMILES string of the molecule is COc1ccc(F)cc1-c1cc(NC(=O)C(N)c2cccnc2)ncn1. The molecule has 0 saturated carbocycles. The van der Waals surface area contributed by atoms with E-state index < -0.39 is 17.8 Å². The summed E-state index contributed by atoms with van der Waals surface area (Å²) in [6, 6.07) is 8.12. The maximum atomic E-state index is 13.6. The van der Waals surface area contributed by atoms with Gasteiger partial charge in [-0.3, -0.25) is 9.78 Å². The molecule has 2 aromatic heterocycles. The van der Waals surface area contributed by atoms with E-state index in [9.17, 15) is 9.18 Å². The molecule has 1 amide bonds. The van der Waals surface area contributed by atoms with Crippen molar-refractivity contribution in [1.82, 2.24) is 15.0 Å². The van der Waals surface area contributed by atoms with Gasteiger partial charge in [-0.25, -0.2) is 14.4 Å². The van der Waals surface area contributed by atoms with Crippen molar-refractivity contribution in [2.75, 3.05) is 12.4 Å². The van der Waals surface area contributed by atoms with E-state index in [1.807, 2.05) is 0 Å². The van der Waals surface area contributed by atoms with Crippen molar-refractivity contribution in [2.24, 2.45) is 5.73 Å². The molecule has 1 unspecified atom stereocenters. The van der Waals surface area contributed by atoms with Crippen LogP contribution in [-0.2, 0) is 4.79 Å². The van der Waals surface area contributed by atoms with E-state index in [0.29, 0.717) is 22.6 Å². The van der Waals surface area contributed by atoms with Gasteiger partial charge < -0.3 is 15.8 Å². The topological polar surface area (TPSA) is 103 Å². The Morgan fingerprint density at radius 2 is 2.12 bits per heavy atom. The molecule has 8 heteroatoms. The van der Waals surface area contributed by atoms with Gasteiger partial charge in [0.05, 0.1) is 12.8 Å². The molecule has 0 aliphatic carbocycles. The zero-order valence-corrected chi connectivity index (χ0v) is 13.9. The van der Waals surface area contributed by atoms with Gasteiger partial charge in [0.15, 0.2) is 0 Å². The number of benzene rings is 1. The molecule has 1 aromatic carbocycles. The number of ether oxygens (including phenoxy) is 1. The number of nitrogens with one attached hydrogen (secondary N) is 1. The van der Waals surface area contributed by atoms with Crippen molar-refractivity contribution < 1.29 is 13.9 Å². The summed E-state index contributed by atoms with van der Waals surface area (Å²) in [7, 11) is 1.48. The lowest BCUT2D eigenvalue weighted by Gasteiger charge is -2.12. The molecule has 0 saturated heterocycles. The summed E-state index contributed by atoms with van der Waals surface area (Å²) in [4.78, 5) is 24.4. The Bertz CT molecular complexity index is 920. The molecule has 7 nitrogen and oxygen atoms in total. The van der Waals surface area contributed by atoms with Crippen LogP contribution >= 0.6 is 0 Å². The highest BCUT2D eigenvalue weighted by molar-refractivity contribution is 5.95. The number of nitrogens with zero attached hydrogens (tertiary/aromatic N) is 3. The van der Waals surface area contributed by atoms with Gasteiger partial charge >= 0.3 is 0 Å². The third-order valence-electron chi connectivity index (χ3n) is 3.68. The van der Waals surface area contributed by atoms with Gasteiger partial charge in [0.25, 0.3) is 0 Å². The summed E-state index contributed by atoms with van der Waals surface area (Å²) in [5, 5.41) is 2.63. The van der Waals surface area contributed by atoms with Crippen LogP contribution in [0.1, 0.15) is 11.6 Å². The number of rotatable bonds is 5. The van der Waals surface area contributed by atoms with Gasteiger partial charge in [0, 0.05) is 24.0 Å². The van der Waals surface area contributed by atoms with Crippen molar-refractivity contribution in [3.63, 3.8) is 0 Å². The Morgan fingerprint density at radius 1 is 1.27 bits per heavy atom. The van der Waals surface area contributed by atoms with Crippen molar-refractivity contribution >= 4 is 11.7 Å². The zero-order valence-electron chi connectivity index (χ0n) is 13.9. The minimum absolute atomic E-state index is 0.241. The van der Waals surface area contributed by atoms with Crippen LogP contribution in [0.4, 0.5) is 10.2 Å². The maximum absolute atomic E-state index is 13.6. The van der Waals surface area contributed by atoms with Crippen LogP contribution in [-0.4, -0.2) is 28.0 Å². The number of aromatic nitrogens is 3. The highest BCUT2D eigenvalue weighted by Gasteiger charge is 2.17. The first-order valence-corrected chi connectivity index (χ1v) is 7.71. The quantitative estimate of drug-likeness (QED) is 0.730. The number of anilines is 1. The van der Waals surface area contributed by atoms with E-state index >= 15 is 0 Å². The molecule has 0 bridgehead atoms. The minimum atomic E-state index is -0.897. The molecule has 3 aromatic rings. The third kappa shape index (κ3) is 3.81. The average Bonchev–Trinajstić information content (AvgIpc) is 2.68. The molecule has 26 heavy (non-hydrogen) atoms. The average molecular weight is 353 g/mol. The molecule has 132 valence electrons. The smallest absolute Gasteiger partial charge is 0.247 e. The minimum Gasteiger partial charge on any atom is -0.496 e. The number of pyridine rings is 1. The second-order valence-corrected chi connectivity index (χ2v) is 5.39. The van der Waals surface area contributed by atoms with Crippen LogP contribution in [0.5, 0.6) is 5.75 Å². The van der Waals surface area contributed by atoms with Crippen molar-refractivity contribution in [1.29, 1.82) is 0 Å². The molecule has 1 atom stereocenters. The molecular weight excluding hydrogens is 337 g/mol. The van der Waals surface area contributed by atoms with Crippen LogP contribution in [0.3, 0.4) is 0 Å². The van der Waals surface area contributed by atoms with Crippen molar-refractivity contribution in [2.45, 2.75) is 6.04 Å². The predicted octanol–water partition coefficient (Wildman–Crippen LogP) is 2.32. The molecule has 0 spiro atoms. The molecule has 2 heterocycles. The zero-order chi connectivity index (χ0) is 18.5. The lowest BCUT2D eigenvalue weighted by Crippen LogP contribution is -2.28. The Hall–Kier alpha value is -3.39. The Kier molecular flexibility index (Phi) is 5.14. The van der Waals surface area contributed by atoms with E-state index in [-0.39, 0.29) is 5.82 Å². The lowest BCUT2D eigenvalue weighted by molar-refractivity contribution is -0.117. The number of amides is 1. The number of halogens is 1. The molecule has 3 N–H and O–H groups in total. The van der Waals surface area contributed by atoms with Gasteiger partial charge in [0.1, 0.15) is 29.8 Å². The summed E-state index contributed by atoms with van der Waals surface area (Å²) in [5.41, 5.74) is 7.36. The van der Waals surface area contributed by atoms with Gasteiger partial charge in [0.2, 0.25) is 5.91 Å². The third-order valence-corrected chi connectivity index (χ3v) is 3.68. The summed E-state index contributed by atoms with van der Waals surface area (Å²) < 4.78 is 18.8. The Balaban J connectivity index is 1.84. The Labute approximate surface area is 149 Å². The fourth-order valence-electron chi connectivity index (χ4n) is 2.37. The van der Waals surface area contributed by atoms with Crippen LogP contribution in [0.15, 0.2) is 55.1 Å². The normalized spacial score (nSPS) is 11.7. The summed E-state index contributed by atoms with van der Waals surface area (Å²) >= 11 is 0. The van der Waals surface area contributed by atoms with Crippen molar-refractivity contribution in [3.8, 4) is 17.0 Å². The Morgan fingerprint density at radius 3 is 2.85 bits per heavy atom. The number of hydrogen-bond acceptors (Lipinski definition) is 6. The van der Waals surface area contributed by atoms with Crippen LogP contribution < -0.4 is 15.8 Å². The molecule has 3 rings (SSSR count). The van der Waals surface area contributed by atoms with Gasteiger partial charge in [-0.1, -0.05) is 6.07 Å². The van der Waals surface area contributed by atoms with Crippen LogP contribution in [0, 0.1) is 5.82 Å². The number of methoxy groups -OCH3 is 1. The highest BCUT2D eigenvalue weighted by Crippen LogP contribution is 2.30.